The molecular weight excluding hydrogens is 426 g/mol. The highest BCUT2D eigenvalue weighted by molar-refractivity contribution is 7.17. The van der Waals surface area contributed by atoms with Gasteiger partial charge < -0.3 is 15.6 Å². The number of aromatic nitrogens is 2. The van der Waals surface area contributed by atoms with Crippen LogP contribution in [0.1, 0.15) is 38.6 Å². The number of hydrogen-bond acceptors (Lipinski definition) is 5. The first-order valence-corrected chi connectivity index (χ1v) is 10.1. The minimum absolute atomic E-state index is 0.122. The lowest BCUT2D eigenvalue weighted by Gasteiger charge is -2.16. The number of thiophene rings is 1. The van der Waals surface area contributed by atoms with Crippen molar-refractivity contribution in [3.05, 3.63) is 75.9 Å². The van der Waals surface area contributed by atoms with Gasteiger partial charge in [-0.15, -0.1) is 11.3 Å². The topological polar surface area (TPSA) is 107 Å². The number of nitrogens with zero attached hydrogens (tertiary/aromatic N) is 2. The van der Waals surface area contributed by atoms with E-state index in [1.54, 1.807) is 28.8 Å². The molecule has 3 heterocycles. The lowest BCUT2D eigenvalue weighted by Crippen LogP contribution is -2.12. The number of fused-ring (bicyclic) bond motifs is 1. The number of carbonyl (C=O) groups is 2. The van der Waals surface area contributed by atoms with Crippen LogP contribution in [0.3, 0.4) is 0 Å². The van der Waals surface area contributed by atoms with Crippen molar-refractivity contribution in [3.63, 3.8) is 0 Å². The number of benzene rings is 1. The number of carboxylic acid groups (broad SMARTS) is 1. The number of rotatable bonds is 6. The number of carbonyl (C=O) groups excluding carboxylic acids is 1. The van der Waals surface area contributed by atoms with Crippen LogP contribution >= 0.6 is 22.9 Å². The lowest BCUT2D eigenvalue weighted by atomic mass is 10.1. The highest BCUT2D eigenvalue weighted by Gasteiger charge is 2.21. The second-order valence-electron chi connectivity index (χ2n) is 6.54. The summed E-state index contributed by atoms with van der Waals surface area (Å²) in [5.74, 6) is -1.33. The summed E-state index contributed by atoms with van der Waals surface area (Å²) in [7, 11) is 0. The fourth-order valence-corrected chi connectivity index (χ4v) is 4.35. The maximum atomic E-state index is 12.0. The predicted molar refractivity (Wildman–Crippen MR) is 114 cm³/mol. The van der Waals surface area contributed by atoms with Gasteiger partial charge in [0.1, 0.15) is 22.4 Å². The zero-order valence-corrected chi connectivity index (χ0v) is 17.3. The third-order valence-electron chi connectivity index (χ3n) is 4.57. The zero-order chi connectivity index (χ0) is 21.4. The summed E-state index contributed by atoms with van der Waals surface area (Å²) in [6.45, 7) is 1.83. The zero-order valence-electron chi connectivity index (χ0n) is 15.7. The summed E-state index contributed by atoms with van der Waals surface area (Å²) in [6.07, 6.45) is 2.68. The van der Waals surface area contributed by atoms with E-state index < -0.39 is 18.0 Å². The molecule has 1 amide bonds. The van der Waals surface area contributed by atoms with E-state index in [1.807, 2.05) is 25.1 Å². The summed E-state index contributed by atoms with van der Waals surface area (Å²) in [5.41, 5.74) is 7.68. The number of nitrogens with two attached hydrogens (primary N) is 1. The second kappa shape index (κ2) is 7.81. The largest absolute Gasteiger partial charge is 0.484 e. The van der Waals surface area contributed by atoms with Crippen LogP contribution in [0.25, 0.3) is 16.2 Å². The molecule has 9 heteroatoms. The minimum Gasteiger partial charge on any atom is -0.484 e. The van der Waals surface area contributed by atoms with Gasteiger partial charge in [0.2, 0.25) is 0 Å². The molecule has 0 fully saturated rings. The molecular formula is C21H16ClN3O4S. The standard InChI is InChI=1S/C21H16ClN3O4S/c1-11(13-4-2-3-5-14(13)22)29-16-8-17(30-19(16)20(23)26)15-9-24-18-7-6-12(21(27)28)10-25(15)18/h2-11H,1H3,(H2,23,26)(H,27,28)/t11-/m1/s1. The molecule has 0 unspecified atom stereocenters. The monoisotopic (exact) mass is 441 g/mol. The molecule has 4 rings (SSSR count). The SMILES string of the molecule is C[C@@H](Oc1cc(-c2cnc3ccc(C(=O)O)cn23)sc1C(N)=O)c1ccccc1Cl. The molecule has 0 saturated heterocycles. The van der Waals surface area contributed by atoms with Gasteiger partial charge in [-0.1, -0.05) is 29.8 Å². The van der Waals surface area contributed by atoms with Crippen molar-refractivity contribution in [3.8, 4) is 16.3 Å². The van der Waals surface area contributed by atoms with Crippen LogP contribution in [0.2, 0.25) is 5.02 Å². The van der Waals surface area contributed by atoms with E-state index >= 15 is 0 Å². The molecule has 30 heavy (non-hydrogen) atoms. The van der Waals surface area contributed by atoms with Crippen LogP contribution in [-0.4, -0.2) is 26.4 Å². The number of pyridine rings is 1. The average molecular weight is 442 g/mol. The van der Waals surface area contributed by atoms with Crippen LogP contribution in [0.5, 0.6) is 5.75 Å². The van der Waals surface area contributed by atoms with Gasteiger partial charge in [-0.2, -0.15) is 0 Å². The van der Waals surface area contributed by atoms with E-state index in [4.69, 9.17) is 22.1 Å². The van der Waals surface area contributed by atoms with Crippen LogP contribution in [0, 0.1) is 0 Å². The number of hydrogen-bond donors (Lipinski definition) is 2. The molecule has 0 saturated carbocycles. The Hall–Kier alpha value is -3.36. The summed E-state index contributed by atoms with van der Waals surface area (Å²) in [6, 6.07) is 12.1. The molecule has 0 radical (unpaired) electrons. The van der Waals surface area contributed by atoms with Crippen molar-refractivity contribution in [2.24, 2.45) is 5.73 Å². The van der Waals surface area contributed by atoms with Gasteiger partial charge >= 0.3 is 5.97 Å². The Bertz CT molecular complexity index is 1280. The molecule has 0 spiro atoms. The number of ether oxygens (including phenoxy) is 1. The quantitative estimate of drug-likeness (QED) is 0.452. The molecule has 152 valence electrons. The first-order valence-electron chi connectivity index (χ1n) is 8.90. The minimum atomic E-state index is -1.04. The van der Waals surface area contributed by atoms with Crippen LogP contribution < -0.4 is 10.5 Å². The molecule has 1 aromatic carbocycles. The fourth-order valence-electron chi connectivity index (χ4n) is 3.11. The van der Waals surface area contributed by atoms with Crippen molar-refractivity contribution in [1.29, 1.82) is 0 Å². The van der Waals surface area contributed by atoms with E-state index in [1.165, 1.54) is 12.3 Å². The smallest absolute Gasteiger partial charge is 0.337 e. The Morgan fingerprint density at radius 3 is 2.73 bits per heavy atom. The number of amides is 1. The maximum absolute atomic E-state index is 12.0. The molecule has 0 bridgehead atoms. The highest BCUT2D eigenvalue weighted by Crippen LogP contribution is 2.39. The number of primary amides is 1. The summed E-state index contributed by atoms with van der Waals surface area (Å²) in [4.78, 5) is 28.6. The van der Waals surface area contributed by atoms with Gasteiger partial charge in [0.25, 0.3) is 5.91 Å². The van der Waals surface area contributed by atoms with Crippen molar-refractivity contribution >= 4 is 40.5 Å². The Morgan fingerprint density at radius 2 is 2.03 bits per heavy atom. The highest BCUT2D eigenvalue weighted by atomic mass is 35.5. The number of aromatic carboxylic acids is 1. The van der Waals surface area contributed by atoms with E-state index in [0.29, 0.717) is 27.0 Å². The van der Waals surface area contributed by atoms with Crippen molar-refractivity contribution < 1.29 is 19.4 Å². The van der Waals surface area contributed by atoms with Gasteiger partial charge in [0.15, 0.2) is 0 Å². The van der Waals surface area contributed by atoms with Crippen molar-refractivity contribution in [1.82, 2.24) is 9.38 Å². The van der Waals surface area contributed by atoms with Crippen LogP contribution in [0.15, 0.2) is 54.9 Å². The number of imidazole rings is 1. The van der Waals surface area contributed by atoms with E-state index in [-0.39, 0.29) is 10.4 Å². The molecule has 0 aliphatic rings. The summed E-state index contributed by atoms with van der Waals surface area (Å²) < 4.78 is 7.68. The fraction of sp³-hybridized carbons (Fsp3) is 0.0952. The Morgan fingerprint density at radius 1 is 1.27 bits per heavy atom. The van der Waals surface area contributed by atoms with Crippen molar-refractivity contribution in [2.75, 3.05) is 0 Å². The maximum Gasteiger partial charge on any atom is 0.337 e. The van der Waals surface area contributed by atoms with E-state index in [9.17, 15) is 14.7 Å². The third-order valence-corrected chi connectivity index (χ3v) is 6.07. The molecule has 3 N–H and O–H groups in total. The molecule has 4 aromatic rings. The number of halogens is 1. The first kappa shape index (κ1) is 19.9. The van der Waals surface area contributed by atoms with Gasteiger partial charge in [-0.3, -0.25) is 9.20 Å². The Kier molecular flexibility index (Phi) is 5.19. The van der Waals surface area contributed by atoms with Crippen molar-refractivity contribution in [2.45, 2.75) is 13.0 Å². The van der Waals surface area contributed by atoms with Crippen LogP contribution in [0.4, 0.5) is 0 Å². The first-order chi connectivity index (χ1) is 14.3. The molecule has 7 nitrogen and oxygen atoms in total. The summed E-state index contributed by atoms with van der Waals surface area (Å²) >= 11 is 7.41. The molecule has 3 aromatic heterocycles. The summed E-state index contributed by atoms with van der Waals surface area (Å²) in [5, 5.41) is 9.83. The average Bonchev–Trinajstić information content (AvgIpc) is 3.31. The Labute approximate surface area is 180 Å². The normalized spacial score (nSPS) is 12.1. The predicted octanol–water partition coefficient (Wildman–Crippen LogP) is 4.65. The second-order valence-corrected chi connectivity index (χ2v) is 8.00. The van der Waals surface area contributed by atoms with Gasteiger partial charge in [-0.05, 0) is 25.1 Å². The molecule has 0 aliphatic carbocycles. The Balaban J connectivity index is 1.76. The molecule has 0 aliphatic heterocycles. The lowest BCUT2D eigenvalue weighted by molar-refractivity contribution is 0.0696. The van der Waals surface area contributed by atoms with E-state index in [2.05, 4.69) is 4.98 Å². The van der Waals surface area contributed by atoms with Gasteiger partial charge in [0, 0.05) is 22.8 Å². The molecule has 1 atom stereocenters. The third kappa shape index (κ3) is 3.62. The number of carboxylic acids is 1. The van der Waals surface area contributed by atoms with Gasteiger partial charge in [0.05, 0.1) is 22.3 Å². The van der Waals surface area contributed by atoms with Gasteiger partial charge in [-0.25, -0.2) is 9.78 Å². The van der Waals surface area contributed by atoms with E-state index in [0.717, 1.165) is 16.9 Å². The van der Waals surface area contributed by atoms with Crippen LogP contribution in [-0.2, 0) is 0 Å².